The third-order valence-electron chi connectivity index (χ3n) is 2.94. The minimum absolute atomic E-state index is 0.257. The number of hydrogen-bond donors (Lipinski definition) is 1. The summed E-state index contributed by atoms with van der Waals surface area (Å²) in [6.07, 6.45) is 3.36. The molecule has 0 fully saturated rings. The Balaban J connectivity index is 2.20. The van der Waals surface area contributed by atoms with Gasteiger partial charge in [0.15, 0.2) is 0 Å². The van der Waals surface area contributed by atoms with E-state index in [1.54, 1.807) is 29.2 Å². The van der Waals surface area contributed by atoms with Crippen molar-refractivity contribution in [3.8, 4) is 16.9 Å². The normalized spacial score (nSPS) is 10.7. The zero-order valence-corrected chi connectivity index (χ0v) is 10.6. The van der Waals surface area contributed by atoms with Crippen LogP contribution in [0.15, 0.2) is 48.8 Å². The van der Waals surface area contributed by atoms with Gasteiger partial charge in [0.2, 0.25) is 0 Å². The van der Waals surface area contributed by atoms with Crippen LogP contribution in [0.3, 0.4) is 0 Å². The van der Waals surface area contributed by atoms with Crippen LogP contribution < -0.4 is 5.73 Å². The number of aromatic nitrogens is 4. The Labute approximate surface area is 114 Å². The summed E-state index contributed by atoms with van der Waals surface area (Å²) < 4.78 is 15.0. The SMILES string of the molecule is NCc1nnn(-c2cccc(F)c2)c1-c1ccncc1. The Morgan fingerprint density at radius 2 is 1.95 bits per heavy atom. The summed E-state index contributed by atoms with van der Waals surface area (Å²) in [6.45, 7) is 0.257. The zero-order valence-electron chi connectivity index (χ0n) is 10.6. The van der Waals surface area contributed by atoms with Crippen molar-refractivity contribution in [1.29, 1.82) is 0 Å². The highest BCUT2D eigenvalue weighted by Gasteiger charge is 2.15. The maximum absolute atomic E-state index is 13.4. The fourth-order valence-corrected chi connectivity index (χ4v) is 2.04. The van der Waals surface area contributed by atoms with Crippen LogP contribution in [0, 0.1) is 5.82 Å². The van der Waals surface area contributed by atoms with Gasteiger partial charge in [-0.1, -0.05) is 11.3 Å². The molecule has 3 aromatic rings. The summed E-state index contributed by atoms with van der Waals surface area (Å²) in [5, 5.41) is 8.14. The fraction of sp³-hybridized carbons (Fsp3) is 0.0714. The zero-order chi connectivity index (χ0) is 13.9. The highest BCUT2D eigenvalue weighted by molar-refractivity contribution is 5.63. The first kappa shape index (κ1) is 12.4. The van der Waals surface area contributed by atoms with E-state index < -0.39 is 0 Å². The number of nitrogens with zero attached hydrogens (tertiary/aromatic N) is 4. The summed E-state index contributed by atoms with van der Waals surface area (Å²) in [5.74, 6) is -0.326. The molecule has 1 aromatic carbocycles. The van der Waals surface area contributed by atoms with Crippen molar-refractivity contribution in [3.63, 3.8) is 0 Å². The first-order chi connectivity index (χ1) is 9.79. The van der Waals surface area contributed by atoms with E-state index in [2.05, 4.69) is 15.3 Å². The minimum atomic E-state index is -0.326. The number of pyridine rings is 1. The van der Waals surface area contributed by atoms with Gasteiger partial charge in [-0.25, -0.2) is 9.07 Å². The Kier molecular flexibility index (Phi) is 3.22. The van der Waals surface area contributed by atoms with Crippen LogP contribution in [0.1, 0.15) is 5.69 Å². The van der Waals surface area contributed by atoms with Crippen molar-refractivity contribution in [3.05, 3.63) is 60.3 Å². The van der Waals surface area contributed by atoms with Crippen molar-refractivity contribution >= 4 is 0 Å². The van der Waals surface area contributed by atoms with Gasteiger partial charge in [0, 0.05) is 24.5 Å². The second-order valence-corrected chi connectivity index (χ2v) is 4.22. The molecule has 3 rings (SSSR count). The molecule has 0 saturated carbocycles. The van der Waals surface area contributed by atoms with Gasteiger partial charge in [-0.3, -0.25) is 4.98 Å². The monoisotopic (exact) mass is 269 g/mol. The molecule has 0 bridgehead atoms. The Hall–Kier alpha value is -2.60. The van der Waals surface area contributed by atoms with E-state index in [1.165, 1.54) is 12.1 Å². The van der Waals surface area contributed by atoms with Gasteiger partial charge in [-0.2, -0.15) is 0 Å². The van der Waals surface area contributed by atoms with E-state index in [4.69, 9.17) is 5.73 Å². The van der Waals surface area contributed by atoms with Crippen LogP contribution >= 0.6 is 0 Å². The summed E-state index contributed by atoms with van der Waals surface area (Å²) in [4.78, 5) is 3.99. The third-order valence-corrected chi connectivity index (χ3v) is 2.94. The van der Waals surface area contributed by atoms with Crippen molar-refractivity contribution in [1.82, 2.24) is 20.0 Å². The second-order valence-electron chi connectivity index (χ2n) is 4.22. The summed E-state index contributed by atoms with van der Waals surface area (Å²) >= 11 is 0. The average molecular weight is 269 g/mol. The van der Waals surface area contributed by atoms with Gasteiger partial charge < -0.3 is 5.73 Å². The van der Waals surface area contributed by atoms with E-state index in [1.807, 2.05) is 12.1 Å². The van der Waals surface area contributed by atoms with Crippen LogP contribution in [0.25, 0.3) is 16.9 Å². The first-order valence-electron chi connectivity index (χ1n) is 6.10. The van der Waals surface area contributed by atoms with Crippen LogP contribution in [0.5, 0.6) is 0 Å². The quantitative estimate of drug-likeness (QED) is 0.788. The summed E-state index contributed by atoms with van der Waals surface area (Å²) in [6, 6.07) is 9.87. The van der Waals surface area contributed by atoms with Crippen LogP contribution in [-0.4, -0.2) is 20.0 Å². The molecule has 0 saturated heterocycles. The number of hydrogen-bond acceptors (Lipinski definition) is 4. The molecular formula is C14H12FN5. The van der Waals surface area contributed by atoms with E-state index in [9.17, 15) is 4.39 Å². The van der Waals surface area contributed by atoms with Gasteiger partial charge in [-0.15, -0.1) is 5.10 Å². The summed E-state index contributed by atoms with van der Waals surface area (Å²) in [7, 11) is 0. The molecule has 2 heterocycles. The predicted molar refractivity (Wildman–Crippen MR) is 72.4 cm³/mol. The second kappa shape index (κ2) is 5.18. The van der Waals surface area contributed by atoms with Gasteiger partial charge in [-0.05, 0) is 30.3 Å². The number of nitrogens with two attached hydrogens (primary N) is 1. The number of halogens is 1. The molecule has 0 aliphatic heterocycles. The first-order valence-corrected chi connectivity index (χ1v) is 6.10. The molecule has 5 nitrogen and oxygen atoms in total. The molecule has 20 heavy (non-hydrogen) atoms. The molecule has 0 radical (unpaired) electrons. The number of rotatable bonds is 3. The van der Waals surface area contributed by atoms with Crippen molar-refractivity contribution in [2.45, 2.75) is 6.54 Å². The molecule has 100 valence electrons. The van der Waals surface area contributed by atoms with Crippen LogP contribution in [0.2, 0.25) is 0 Å². The van der Waals surface area contributed by atoms with E-state index >= 15 is 0 Å². The van der Waals surface area contributed by atoms with Gasteiger partial charge in [0.1, 0.15) is 11.5 Å². The molecule has 0 unspecified atom stereocenters. The fourth-order valence-electron chi connectivity index (χ4n) is 2.04. The lowest BCUT2D eigenvalue weighted by Crippen LogP contribution is -2.03. The van der Waals surface area contributed by atoms with E-state index in [-0.39, 0.29) is 12.4 Å². The Morgan fingerprint density at radius 3 is 2.65 bits per heavy atom. The predicted octanol–water partition coefficient (Wildman–Crippen LogP) is 1.93. The molecule has 0 aliphatic carbocycles. The van der Waals surface area contributed by atoms with Gasteiger partial charge in [0.25, 0.3) is 0 Å². The highest BCUT2D eigenvalue weighted by atomic mass is 19.1. The molecule has 0 atom stereocenters. The molecule has 0 aliphatic rings. The van der Waals surface area contributed by atoms with Gasteiger partial charge >= 0.3 is 0 Å². The van der Waals surface area contributed by atoms with E-state index in [0.717, 1.165) is 11.3 Å². The molecule has 0 amide bonds. The minimum Gasteiger partial charge on any atom is -0.325 e. The maximum Gasteiger partial charge on any atom is 0.125 e. The van der Waals surface area contributed by atoms with Crippen molar-refractivity contribution < 1.29 is 4.39 Å². The maximum atomic E-state index is 13.4. The van der Waals surface area contributed by atoms with E-state index in [0.29, 0.717) is 11.4 Å². The standard InChI is InChI=1S/C14H12FN5/c15-11-2-1-3-12(8-11)20-14(13(9-16)18-19-20)10-4-6-17-7-5-10/h1-8H,9,16H2. The topological polar surface area (TPSA) is 69.6 Å². The van der Waals surface area contributed by atoms with Crippen molar-refractivity contribution in [2.24, 2.45) is 5.73 Å². The lowest BCUT2D eigenvalue weighted by Gasteiger charge is -2.07. The molecule has 2 aromatic heterocycles. The highest BCUT2D eigenvalue weighted by Crippen LogP contribution is 2.24. The lowest BCUT2D eigenvalue weighted by atomic mass is 10.1. The van der Waals surface area contributed by atoms with Crippen LogP contribution in [0.4, 0.5) is 4.39 Å². The smallest absolute Gasteiger partial charge is 0.125 e. The summed E-state index contributed by atoms with van der Waals surface area (Å²) in [5.41, 5.74) is 8.59. The Bertz CT molecular complexity index is 723. The Morgan fingerprint density at radius 1 is 1.15 bits per heavy atom. The third kappa shape index (κ3) is 2.17. The molecule has 6 heteroatoms. The number of benzene rings is 1. The van der Waals surface area contributed by atoms with Crippen LogP contribution in [-0.2, 0) is 6.54 Å². The lowest BCUT2D eigenvalue weighted by molar-refractivity contribution is 0.625. The average Bonchev–Trinajstić information content (AvgIpc) is 2.92. The molecule has 2 N–H and O–H groups in total. The van der Waals surface area contributed by atoms with Crippen molar-refractivity contribution in [2.75, 3.05) is 0 Å². The molecule has 0 spiro atoms. The van der Waals surface area contributed by atoms with Gasteiger partial charge in [0.05, 0.1) is 11.4 Å². The molecular weight excluding hydrogens is 257 g/mol. The largest absolute Gasteiger partial charge is 0.325 e.